The minimum Gasteiger partial charge on any atom is -0.491 e. The highest BCUT2D eigenvalue weighted by atomic mass is 19.1. The maximum absolute atomic E-state index is 14.4. The quantitative estimate of drug-likeness (QED) is 0.385. The van der Waals surface area contributed by atoms with Gasteiger partial charge in [0, 0.05) is 30.2 Å². The monoisotopic (exact) mass is 360 g/mol. The summed E-state index contributed by atoms with van der Waals surface area (Å²) in [7, 11) is 1.51. The van der Waals surface area contributed by atoms with Crippen molar-refractivity contribution in [3.8, 4) is 5.75 Å². The second-order valence-corrected chi connectivity index (χ2v) is 5.64. The zero-order chi connectivity index (χ0) is 18.7. The predicted molar refractivity (Wildman–Crippen MR) is 93.6 cm³/mol. The molecule has 0 aliphatic rings. The Morgan fingerprint density at radius 1 is 1.19 bits per heavy atom. The number of fused-ring (bicyclic) bond motifs is 1. The number of benzene rings is 2. The lowest BCUT2D eigenvalue weighted by Crippen LogP contribution is -2.14. The van der Waals surface area contributed by atoms with Gasteiger partial charge in [-0.15, -0.1) is 0 Å². The van der Waals surface area contributed by atoms with E-state index in [1.807, 2.05) is 0 Å². The Kier molecular flexibility index (Phi) is 5.13. The minimum atomic E-state index is -0.735. The van der Waals surface area contributed by atoms with Gasteiger partial charge in [-0.2, -0.15) is 5.10 Å². The number of nitrogen functional groups attached to an aromatic ring is 1. The van der Waals surface area contributed by atoms with Crippen LogP contribution in [0.1, 0.15) is 11.3 Å². The normalized spacial score (nSPS) is 11.0. The Morgan fingerprint density at radius 2 is 1.88 bits per heavy atom. The molecule has 0 fully saturated rings. The van der Waals surface area contributed by atoms with Gasteiger partial charge in [-0.05, 0) is 6.07 Å². The highest BCUT2D eigenvalue weighted by Gasteiger charge is 2.17. The fourth-order valence-electron chi connectivity index (χ4n) is 2.65. The van der Waals surface area contributed by atoms with Crippen molar-refractivity contribution in [3.05, 3.63) is 59.3 Å². The van der Waals surface area contributed by atoms with Crippen molar-refractivity contribution >= 4 is 16.7 Å². The summed E-state index contributed by atoms with van der Waals surface area (Å²) < 4.78 is 40.3. The predicted octanol–water partition coefficient (Wildman–Crippen LogP) is 2.67. The van der Waals surface area contributed by atoms with E-state index in [1.165, 1.54) is 11.8 Å². The average molecular weight is 360 g/mol. The summed E-state index contributed by atoms with van der Waals surface area (Å²) in [6.07, 6.45) is 0. The summed E-state index contributed by atoms with van der Waals surface area (Å²) in [5, 5.41) is 12.5. The summed E-state index contributed by atoms with van der Waals surface area (Å²) in [4.78, 5) is 0. The Balaban J connectivity index is 1.94. The van der Waals surface area contributed by atoms with E-state index in [1.54, 1.807) is 24.3 Å². The van der Waals surface area contributed by atoms with Crippen LogP contribution in [0, 0.1) is 17.0 Å². The Bertz CT molecular complexity index is 933. The lowest BCUT2D eigenvalue weighted by molar-refractivity contribution is 0.146. The molecule has 8 heteroatoms. The van der Waals surface area contributed by atoms with Crippen LogP contribution in [0.15, 0.2) is 36.4 Å². The molecule has 6 nitrogen and oxygen atoms in total. The van der Waals surface area contributed by atoms with Crippen molar-refractivity contribution in [2.24, 2.45) is 5.73 Å². The first-order valence-corrected chi connectivity index (χ1v) is 7.91. The van der Waals surface area contributed by atoms with E-state index in [9.17, 15) is 8.78 Å². The number of halogens is 2. The van der Waals surface area contributed by atoms with Crippen LogP contribution in [0.2, 0.25) is 0 Å². The van der Waals surface area contributed by atoms with Gasteiger partial charge in [0.05, 0.1) is 18.7 Å². The first kappa shape index (κ1) is 17.8. The number of nitrogens with zero attached hydrogens (tertiary/aromatic N) is 2. The second-order valence-electron chi connectivity index (χ2n) is 5.64. The highest BCUT2D eigenvalue weighted by Crippen LogP contribution is 2.24. The second kappa shape index (κ2) is 7.49. The third kappa shape index (κ3) is 3.50. The molecule has 2 aromatic carbocycles. The number of ether oxygens (including phenoxy) is 2. The van der Waals surface area contributed by atoms with Crippen LogP contribution >= 0.6 is 0 Å². The van der Waals surface area contributed by atoms with Gasteiger partial charge < -0.3 is 15.2 Å². The summed E-state index contributed by atoms with van der Waals surface area (Å²) in [5.41, 5.74) is 6.33. The van der Waals surface area contributed by atoms with Crippen LogP contribution in [-0.2, 0) is 11.3 Å². The molecule has 0 spiro atoms. The maximum Gasteiger partial charge on any atom is 0.144 e. The number of aromatic nitrogens is 2. The van der Waals surface area contributed by atoms with E-state index < -0.39 is 11.6 Å². The van der Waals surface area contributed by atoms with Gasteiger partial charge in [0.1, 0.15) is 35.5 Å². The van der Waals surface area contributed by atoms with E-state index in [2.05, 4.69) is 5.10 Å². The number of hydrogen-bond donors (Lipinski definition) is 2. The summed E-state index contributed by atoms with van der Waals surface area (Å²) in [6.45, 7) is 0.377. The molecule has 0 saturated carbocycles. The Morgan fingerprint density at radius 3 is 2.54 bits per heavy atom. The van der Waals surface area contributed by atoms with E-state index in [0.29, 0.717) is 17.5 Å². The number of nitrogens with two attached hydrogens (primary N) is 1. The first-order chi connectivity index (χ1) is 12.5. The smallest absolute Gasteiger partial charge is 0.144 e. The van der Waals surface area contributed by atoms with Gasteiger partial charge in [-0.25, -0.2) is 8.78 Å². The molecule has 1 aromatic heterocycles. The topological polar surface area (TPSA) is 86.2 Å². The number of hydrogen-bond acceptors (Lipinski definition) is 4. The van der Waals surface area contributed by atoms with Crippen molar-refractivity contribution in [1.82, 2.24) is 9.78 Å². The third-order valence-electron chi connectivity index (χ3n) is 3.89. The van der Waals surface area contributed by atoms with Gasteiger partial charge in [0.15, 0.2) is 0 Å². The van der Waals surface area contributed by atoms with Crippen LogP contribution in [0.4, 0.5) is 8.78 Å². The van der Waals surface area contributed by atoms with Crippen molar-refractivity contribution in [1.29, 1.82) is 5.41 Å². The molecule has 0 aliphatic carbocycles. The summed E-state index contributed by atoms with van der Waals surface area (Å²) in [6, 6.07) is 9.34. The minimum absolute atomic E-state index is 0.0931. The molecule has 0 radical (unpaired) electrons. The van der Waals surface area contributed by atoms with E-state index in [4.69, 9.17) is 20.6 Å². The SMILES string of the molecule is COCCOc1cc(F)c(Cn2nc(C(=N)N)c3ccccc32)c(F)c1. The molecule has 3 rings (SSSR count). The highest BCUT2D eigenvalue weighted by molar-refractivity contribution is 6.05. The molecule has 1 heterocycles. The molecular formula is C18H18F2N4O2. The van der Waals surface area contributed by atoms with Crippen LogP contribution in [-0.4, -0.2) is 35.9 Å². The molecule has 0 amide bonds. The number of para-hydroxylation sites is 1. The zero-order valence-electron chi connectivity index (χ0n) is 14.1. The van der Waals surface area contributed by atoms with E-state index in [-0.39, 0.29) is 36.0 Å². The van der Waals surface area contributed by atoms with Crippen molar-refractivity contribution in [2.45, 2.75) is 6.54 Å². The molecular weight excluding hydrogens is 342 g/mol. The molecule has 26 heavy (non-hydrogen) atoms. The lowest BCUT2D eigenvalue weighted by atomic mass is 10.1. The van der Waals surface area contributed by atoms with Gasteiger partial charge in [0.2, 0.25) is 0 Å². The van der Waals surface area contributed by atoms with Crippen molar-refractivity contribution in [3.63, 3.8) is 0 Å². The number of nitrogens with one attached hydrogen (secondary N) is 1. The molecule has 136 valence electrons. The van der Waals surface area contributed by atoms with Crippen molar-refractivity contribution in [2.75, 3.05) is 20.3 Å². The Labute approximate surface area is 148 Å². The summed E-state index contributed by atoms with van der Waals surface area (Å²) in [5.74, 6) is -1.58. The molecule has 3 N–H and O–H groups in total. The molecule has 0 saturated heterocycles. The van der Waals surface area contributed by atoms with Gasteiger partial charge in [0.25, 0.3) is 0 Å². The fourth-order valence-corrected chi connectivity index (χ4v) is 2.65. The number of amidine groups is 1. The fraction of sp³-hybridized carbons (Fsp3) is 0.222. The van der Waals surface area contributed by atoms with Gasteiger partial charge in [-0.3, -0.25) is 10.1 Å². The largest absolute Gasteiger partial charge is 0.491 e. The summed E-state index contributed by atoms with van der Waals surface area (Å²) >= 11 is 0. The standard InChI is InChI=1S/C18H18F2N4O2/c1-25-6-7-26-11-8-14(19)13(15(20)9-11)10-24-16-5-3-2-4-12(16)17(23-24)18(21)22/h2-5,8-9H,6-7,10H2,1H3,(H3,21,22). The third-order valence-corrected chi connectivity index (χ3v) is 3.89. The van der Waals surface area contributed by atoms with Crippen molar-refractivity contribution < 1.29 is 18.3 Å². The zero-order valence-corrected chi connectivity index (χ0v) is 14.1. The maximum atomic E-state index is 14.4. The van der Waals surface area contributed by atoms with E-state index in [0.717, 1.165) is 12.1 Å². The Hall–Kier alpha value is -3.00. The number of methoxy groups -OCH3 is 1. The van der Waals surface area contributed by atoms with Crippen LogP contribution in [0.3, 0.4) is 0 Å². The van der Waals surface area contributed by atoms with Crippen LogP contribution in [0.5, 0.6) is 5.75 Å². The number of rotatable bonds is 7. The molecule has 0 unspecified atom stereocenters. The molecule has 3 aromatic rings. The first-order valence-electron chi connectivity index (χ1n) is 7.91. The van der Waals surface area contributed by atoms with E-state index >= 15 is 0 Å². The lowest BCUT2D eigenvalue weighted by Gasteiger charge is -2.10. The van der Waals surface area contributed by atoms with Gasteiger partial charge in [-0.1, -0.05) is 18.2 Å². The van der Waals surface area contributed by atoms with Crippen LogP contribution in [0.25, 0.3) is 10.9 Å². The van der Waals surface area contributed by atoms with Gasteiger partial charge >= 0.3 is 0 Å². The molecule has 0 atom stereocenters. The van der Waals surface area contributed by atoms with Crippen LogP contribution < -0.4 is 10.5 Å². The molecule has 0 aliphatic heterocycles. The molecule has 0 bridgehead atoms. The average Bonchev–Trinajstić information content (AvgIpc) is 2.97.